The zero-order valence-corrected chi connectivity index (χ0v) is 26.7. The number of hydrogen-bond donors (Lipinski definition) is 1. The number of rotatable bonds is 3. The molecule has 2 aliphatic rings. The first-order valence-corrected chi connectivity index (χ1v) is 16.4. The van der Waals surface area contributed by atoms with Crippen LogP contribution in [0.5, 0.6) is 0 Å². The van der Waals surface area contributed by atoms with E-state index in [0.29, 0.717) is 10.5 Å². The van der Waals surface area contributed by atoms with Gasteiger partial charge in [0.15, 0.2) is 10.1 Å². The maximum Gasteiger partial charge on any atom is 0.335 e. The number of benzene rings is 5. The van der Waals surface area contributed by atoms with Crippen LogP contribution in [-0.4, -0.2) is 15.6 Å². The van der Waals surface area contributed by atoms with Gasteiger partial charge >= 0.3 is 5.97 Å². The summed E-state index contributed by atoms with van der Waals surface area (Å²) < 4.78 is 14.0. The molecule has 5 aromatic carbocycles. The largest absolute Gasteiger partial charge is 0.598 e. The summed E-state index contributed by atoms with van der Waals surface area (Å²) in [5, 5.41) is 16.5. The molecular formula is C41H34O3S. The average molecular weight is 607 g/mol. The molecule has 222 valence electrons. The van der Waals surface area contributed by atoms with Gasteiger partial charge in [-0.3, -0.25) is 0 Å². The van der Waals surface area contributed by atoms with E-state index in [9.17, 15) is 14.5 Å². The summed E-state index contributed by atoms with van der Waals surface area (Å²) in [5.41, 5.74) is 8.56. The molecule has 0 saturated carbocycles. The fourth-order valence-corrected chi connectivity index (χ4v) is 8.25. The first-order chi connectivity index (χ1) is 21.5. The maximum atomic E-state index is 14.0. The highest BCUT2D eigenvalue weighted by atomic mass is 32.2. The second-order valence-electron chi connectivity index (χ2n) is 13.5. The first-order valence-electron chi connectivity index (χ1n) is 15.3. The number of fused-ring (bicyclic) bond motifs is 5. The molecule has 3 nitrogen and oxygen atoms in total. The van der Waals surface area contributed by atoms with Gasteiger partial charge in [-0.2, -0.15) is 0 Å². The lowest BCUT2D eigenvalue weighted by atomic mass is 9.64. The minimum Gasteiger partial charge on any atom is -0.598 e. The number of allylic oxidation sites excluding steroid dienone is 4. The summed E-state index contributed by atoms with van der Waals surface area (Å²) in [6.07, 6.45) is 6.84. The van der Waals surface area contributed by atoms with Crippen LogP contribution in [0, 0.1) is 16.6 Å². The maximum absolute atomic E-state index is 14.0. The number of aromatic carboxylic acids is 1. The van der Waals surface area contributed by atoms with E-state index >= 15 is 0 Å². The smallest absolute Gasteiger partial charge is 0.335 e. The summed E-state index contributed by atoms with van der Waals surface area (Å²) in [6, 6.07) is 29.5. The van der Waals surface area contributed by atoms with Crippen molar-refractivity contribution in [1.82, 2.24) is 0 Å². The van der Waals surface area contributed by atoms with Crippen LogP contribution in [0.25, 0.3) is 38.2 Å². The zero-order chi connectivity index (χ0) is 31.5. The van der Waals surface area contributed by atoms with Gasteiger partial charge in [0.2, 0.25) is 0 Å². The Bertz CT molecular complexity index is 2150. The van der Waals surface area contributed by atoms with Crippen LogP contribution in [0.15, 0.2) is 114 Å². The lowest BCUT2D eigenvalue weighted by Gasteiger charge is -2.40. The van der Waals surface area contributed by atoms with Gasteiger partial charge in [0.1, 0.15) is 0 Å². The SMILES string of the molecule is CC1(C)C=CC2=C(C1)CC(C)(C)c1c2ccc2cc(-c3ccc4ccccc4c3[S+]([O-])C#Cc3ccc(C(=O)O)cc3)ccc12. The van der Waals surface area contributed by atoms with Crippen molar-refractivity contribution in [3.8, 4) is 22.3 Å². The molecule has 1 N–H and O–H groups in total. The Morgan fingerprint density at radius 3 is 2.33 bits per heavy atom. The predicted molar refractivity (Wildman–Crippen MR) is 186 cm³/mol. The molecule has 0 spiro atoms. The summed E-state index contributed by atoms with van der Waals surface area (Å²) in [6.45, 7) is 9.37. The molecule has 45 heavy (non-hydrogen) atoms. The molecule has 1 atom stereocenters. The van der Waals surface area contributed by atoms with Crippen molar-refractivity contribution >= 4 is 44.3 Å². The molecule has 0 fully saturated rings. The van der Waals surface area contributed by atoms with Gasteiger partial charge in [-0.1, -0.05) is 94.0 Å². The molecule has 0 bridgehead atoms. The van der Waals surface area contributed by atoms with Crippen molar-refractivity contribution in [2.45, 2.75) is 50.8 Å². The van der Waals surface area contributed by atoms with E-state index in [0.717, 1.165) is 40.1 Å². The van der Waals surface area contributed by atoms with Gasteiger partial charge in [0.25, 0.3) is 0 Å². The highest BCUT2D eigenvalue weighted by molar-refractivity contribution is 7.96. The van der Waals surface area contributed by atoms with Crippen LogP contribution in [0.1, 0.15) is 67.6 Å². The Morgan fingerprint density at radius 1 is 0.822 bits per heavy atom. The lowest BCUT2D eigenvalue weighted by Crippen LogP contribution is -2.27. The number of hydrogen-bond acceptors (Lipinski definition) is 2. The third-order valence-corrected chi connectivity index (χ3v) is 10.3. The number of carbonyl (C=O) groups is 1. The molecule has 4 heteroatoms. The van der Waals surface area contributed by atoms with E-state index < -0.39 is 17.1 Å². The fourth-order valence-electron chi connectivity index (χ4n) is 7.16. The van der Waals surface area contributed by atoms with E-state index in [1.807, 2.05) is 30.3 Å². The molecule has 0 saturated heterocycles. The summed E-state index contributed by atoms with van der Waals surface area (Å²) >= 11 is -1.64. The zero-order valence-electron chi connectivity index (χ0n) is 25.9. The fraction of sp³-hybridized carbons (Fsp3) is 0.195. The molecule has 7 rings (SSSR count). The normalized spacial score (nSPS) is 16.9. The topological polar surface area (TPSA) is 60.4 Å². The number of carboxylic acid groups (broad SMARTS) is 1. The molecule has 1 unspecified atom stereocenters. The van der Waals surface area contributed by atoms with Crippen molar-refractivity contribution in [2.75, 3.05) is 0 Å². The molecule has 2 aliphatic carbocycles. The van der Waals surface area contributed by atoms with Crippen LogP contribution in [-0.2, 0) is 16.6 Å². The van der Waals surface area contributed by atoms with Crippen molar-refractivity contribution in [3.63, 3.8) is 0 Å². The summed E-state index contributed by atoms with van der Waals surface area (Å²) in [5.74, 6) is 2.01. The van der Waals surface area contributed by atoms with E-state index in [-0.39, 0.29) is 16.4 Å². The van der Waals surface area contributed by atoms with Crippen molar-refractivity contribution in [2.24, 2.45) is 5.41 Å². The Labute approximate surface area is 267 Å². The van der Waals surface area contributed by atoms with Crippen LogP contribution in [0.3, 0.4) is 0 Å². The van der Waals surface area contributed by atoms with E-state index in [4.69, 9.17) is 0 Å². The van der Waals surface area contributed by atoms with Crippen molar-refractivity contribution in [3.05, 3.63) is 131 Å². The van der Waals surface area contributed by atoms with Crippen LogP contribution in [0.4, 0.5) is 0 Å². The average Bonchev–Trinajstić information content (AvgIpc) is 3.01. The predicted octanol–water partition coefficient (Wildman–Crippen LogP) is 9.90. The Hall–Kier alpha value is -4.56. The van der Waals surface area contributed by atoms with E-state index in [1.54, 1.807) is 17.7 Å². The summed E-state index contributed by atoms with van der Waals surface area (Å²) in [4.78, 5) is 11.9. The molecule has 5 aromatic rings. The van der Waals surface area contributed by atoms with E-state index in [1.165, 1.54) is 34.2 Å². The molecule has 0 radical (unpaired) electrons. The second-order valence-corrected chi connectivity index (χ2v) is 14.7. The molecule has 0 aromatic heterocycles. The van der Waals surface area contributed by atoms with Gasteiger partial charge in [0.05, 0.1) is 16.7 Å². The third-order valence-electron chi connectivity index (χ3n) is 9.19. The highest BCUT2D eigenvalue weighted by Gasteiger charge is 2.36. The van der Waals surface area contributed by atoms with Crippen LogP contribution < -0.4 is 0 Å². The van der Waals surface area contributed by atoms with Gasteiger partial charge in [-0.15, -0.1) is 0 Å². The molecule has 0 heterocycles. The van der Waals surface area contributed by atoms with Crippen LogP contribution >= 0.6 is 0 Å². The first kappa shape index (κ1) is 29.2. The standard InChI is InChI=1S/C41H34O3S/c1-40(2)21-19-32-31(24-40)25-41(3,4)37-33-16-14-30(23-29(33)15-18-36(32)37)35-17-13-27-7-5-6-8-34(27)38(35)45(44)22-20-26-9-11-28(12-10-26)39(42)43/h5-19,21,23H,24-25H2,1-4H3,(H,42,43). The van der Waals surface area contributed by atoms with Crippen molar-refractivity contribution < 1.29 is 14.5 Å². The quantitative estimate of drug-likeness (QED) is 0.164. The van der Waals surface area contributed by atoms with Crippen LogP contribution in [0.2, 0.25) is 0 Å². The van der Waals surface area contributed by atoms with Gasteiger partial charge in [-0.05, 0) is 110 Å². The molecule has 0 aliphatic heterocycles. The molecular weight excluding hydrogens is 573 g/mol. The van der Waals surface area contributed by atoms with E-state index in [2.05, 4.69) is 87.4 Å². The van der Waals surface area contributed by atoms with Gasteiger partial charge < -0.3 is 9.66 Å². The minimum absolute atomic E-state index is 0.00428. The highest BCUT2D eigenvalue weighted by Crippen LogP contribution is 2.51. The summed E-state index contributed by atoms with van der Waals surface area (Å²) in [7, 11) is 0. The minimum atomic E-state index is -1.64. The Kier molecular flexibility index (Phi) is 7.00. The third kappa shape index (κ3) is 5.27. The Balaban J connectivity index is 1.34. The number of carboxylic acids is 1. The Morgan fingerprint density at radius 2 is 1.56 bits per heavy atom. The van der Waals surface area contributed by atoms with Gasteiger partial charge in [-0.25, -0.2) is 4.79 Å². The lowest BCUT2D eigenvalue weighted by molar-refractivity contribution is 0.0697. The second kappa shape index (κ2) is 10.8. The van der Waals surface area contributed by atoms with Crippen molar-refractivity contribution in [1.29, 1.82) is 0 Å². The van der Waals surface area contributed by atoms with Gasteiger partial charge in [0, 0.05) is 16.5 Å². The molecule has 0 amide bonds. The monoisotopic (exact) mass is 606 g/mol.